The van der Waals surface area contributed by atoms with E-state index < -0.39 is 0 Å². The van der Waals surface area contributed by atoms with E-state index in [4.69, 9.17) is 22.9 Å². The van der Waals surface area contributed by atoms with E-state index in [2.05, 4.69) is 6.92 Å². The second kappa shape index (κ2) is 12.0. The molecule has 0 saturated carbocycles. The molecule has 2 N–H and O–H groups in total. The van der Waals surface area contributed by atoms with Gasteiger partial charge in [-0.05, 0) is 37.5 Å². The Kier molecular flexibility index (Phi) is 8.79. The molecule has 0 aromatic carbocycles. The molecular formula is C26H33N5O3S2. The van der Waals surface area contributed by atoms with Gasteiger partial charge in [-0.2, -0.15) is 0 Å². The fourth-order valence-corrected chi connectivity index (χ4v) is 6.00. The molecular weight excluding hydrogens is 494 g/mol. The Balaban J connectivity index is 1.60. The number of hydrogen-bond donors (Lipinski definition) is 1. The van der Waals surface area contributed by atoms with Crippen LogP contribution in [0.5, 0.6) is 0 Å². The zero-order valence-electron chi connectivity index (χ0n) is 20.6. The lowest BCUT2D eigenvalue weighted by molar-refractivity contribution is -0.123. The van der Waals surface area contributed by atoms with Crippen LogP contribution < -0.4 is 16.2 Å². The Morgan fingerprint density at radius 2 is 1.89 bits per heavy atom. The summed E-state index contributed by atoms with van der Waals surface area (Å²) in [7, 11) is 0. The molecule has 36 heavy (non-hydrogen) atoms. The average molecular weight is 528 g/mol. The van der Waals surface area contributed by atoms with Gasteiger partial charge >= 0.3 is 0 Å². The Morgan fingerprint density at radius 1 is 1.17 bits per heavy atom. The van der Waals surface area contributed by atoms with Gasteiger partial charge in [-0.1, -0.05) is 69.1 Å². The first kappa shape index (κ1) is 26.3. The molecule has 2 aliphatic rings. The van der Waals surface area contributed by atoms with Gasteiger partial charge in [-0.3, -0.25) is 23.7 Å². The van der Waals surface area contributed by atoms with Crippen molar-refractivity contribution in [1.82, 2.24) is 14.3 Å². The molecule has 0 radical (unpaired) electrons. The number of anilines is 1. The van der Waals surface area contributed by atoms with Crippen molar-refractivity contribution in [3.8, 4) is 0 Å². The zero-order valence-corrected chi connectivity index (χ0v) is 22.3. The lowest BCUT2D eigenvalue weighted by atomic mass is 9.96. The van der Waals surface area contributed by atoms with Gasteiger partial charge in [0, 0.05) is 31.7 Å². The molecule has 2 aromatic heterocycles. The van der Waals surface area contributed by atoms with Gasteiger partial charge in [-0.15, -0.1) is 0 Å². The summed E-state index contributed by atoms with van der Waals surface area (Å²) in [6, 6.07) is 5.39. The molecule has 2 aromatic rings. The summed E-state index contributed by atoms with van der Waals surface area (Å²) < 4.78 is 2.01. The van der Waals surface area contributed by atoms with E-state index in [-0.39, 0.29) is 23.3 Å². The molecule has 10 heteroatoms. The van der Waals surface area contributed by atoms with Crippen molar-refractivity contribution in [3.05, 3.63) is 45.2 Å². The topological polar surface area (TPSA) is 101 Å². The van der Waals surface area contributed by atoms with Gasteiger partial charge in [0.2, 0.25) is 5.91 Å². The number of carbonyl (C=O) groups excluding carboxylic acids is 2. The number of aromatic nitrogens is 2. The molecule has 192 valence electrons. The molecule has 0 atom stereocenters. The highest BCUT2D eigenvalue weighted by Crippen LogP contribution is 2.34. The maximum atomic E-state index is 13.5. The number of primary amides is 1. The highest BCUT2D eigenvalue weighted by Gasteiger charge is 2.33. The van der Waals surface area contributed by atoms with E-state index in [1.54, 1.807) is 29.3 Å². The highest BCUT2D eigenvalue weighted by atomic mass is 32.2. The number of rotatable bonds is 10. The highest BCUT2D eigenvalue weighted by molar-refractivity contribution is 8.26. The molecule has 2 aliphatic heterocycles. The zero-order chi connectivity index (χ0) is 25.7. The van der Waals surface area contributed by atoms with E-state index in [1.807, 2.05) is 11.0 Å². The molecule has 0 unspecified atom stereocenters. The average Bonchev–Trinajstić information content (AvgIpc) is 3.15. The maximum Gasteiger partial charge on any atom is 0.267 e. The summed E-state index contributed by atoms with van der Waals surface area (Å²) in [5.74, 6) is -0.107. The minimum absolute atomic E-state index is 0.158. The number of thiocarbonyl (C=S) groups is 1. The lowest BCUT2D eigenvalue weighted by Gasteiger charge is -2.32. The third-order valence-electron chi connectivity index (χ3n) is 6.83. The number of amides is 2. The first-order valence-electron chi connectivity index (χ1n) is 12.7. The third-order valence-corrected chi connectivity index (χ3v) is 8.21. The van der Waals surface area contributed by atoms with E-state index in [9.17, 15) is 14.4 Å². The summed E-state index contributed by atoms with van der Waals surface area (Å²) in [4.78, 5) is 47.3. The van der Waals surface area contributed by atoms with Crippen LogP contribution in [0, 0.1) is 5.92 Å². The smallest absolute Gasteiger partial charge is 0.267 e. The molecule has 2 fully saturated rings. The summed E-state index contributed by atoms with van der Waals surface area (Å²) in [5, 5.41) is 0. The summed E-state index contributed by atoms with van der Waals surface area (Å²) >= 11 is 6.75. The van der Waals surface area contributed by atoms with Crippen LogP contribution in [0.25, 0.3) is 11.7 Å². The summed E-state index contributed by atoms with van der Waals surface area (Å²) in [5.41, 5.74) is 6.15. The van der Waals surface area contributed by atoms with Crippen molar-refractivity contribution in [2.24, 2.45) is 11.7 Å². The number of piperidine rings is 1. The first-order chi connectivity index (χ1) is 17.4. The first-order valence-corrected chi connectivity index (χ1v) is 13.9. The minimum atomic E-state index is -0.296. The molecule has 0 aliphatic carbocycles. The van der Waals surface area contributed by atoms with Crippen LogP contribution >= 0.6 is 24.0 Å². The number of pyridine rings is 1. The summed E-state index contributed by atoms with van der Waals surface area (Å²) in [6.07, 6.45) is 11.3. The van der Waals surface area contributed by atoms with Gasteiger partial charge < -0.3 is 10.6 Å². The number of carbonyl (C=O) groups is 2. The van der Waals surface area contributed by atoms with Gasteiger partial charge in [0.05, 0.1) is 10.5 Å². The Labute approximate surface area is 220 Å². The standard InChI is InChI=1S/C26H33N5O3S2/c1-2-3-4-5-6-8-14-31-25(34)20(36-26(31)35)17-19-23(29-15-11-18(12-16-29)22(27)32)28-21-10-7-9-13-30(21)24(19)33/h7,9-10,13,17-18H,2-6,8,11-12,14-16H2,1H3,(H2,27,32)/b20-17+. The van der Waals surface area contributed by atoms with E-state index in [1.165, 1.54) is 35.4 Å². The molecule has 2 saturated heterocycles. The molecule has 4 heterocycles. The largest absolute Gasteiger partial charge is 0.369 e. The number of nitrogens with zero attached hydrogens (tertiary/aromatic N) is 4. The molecule has 0 bridgehead atoms. The molecule has 2 amide bonds. The number of hydrogen-bond acceptors (Lipinski definition) is 7. The fraction of sp³-hybridized carbons (Fsp3) is 0.500. The Morgan fingerprint density at radius 3 is 2.61 bits per heavy atom. The van der Waals surface area contributed by atoms with Gasteiger partial charge in [0.25, 0.3) is 11.5 Å². The second-order valence-corrected chi connectivity index (χ2v) is 11.0. The van der Waals surface area contributed by atoms with E-state index in [0.29, 0.717) is 58.7 Å². The van der Waals surface area contributed by atoms with Crippen molar-refractivity contribution in [2.45, 2.75) is 58.3 Å². The van der Waals surface area contributed by atoms with Crippen LogP contribution in [0.2, 0.25) is 0 Å². The van der Waals surface area contributed by atoms with Crippen LogP contribution in [0.1, 0.15) is 63.9 Å². The fourth-order valence-electron chi connectivity index (χ4n) is 4.71. The number of nitrogens with two attached hydrogens (primary N) is 1. The Hall–Kier alpha value is -2.72. The molecule has 4 rings (SSSR count). The predicted octanol–water partition coefficient (Wildman–Crippen LogP) is 3.96. The second-order valence-electron chi connectivity index (χ2n) is 9.35. The Bertz CT molecular complexity index is 1230. The minimum Gasteiger partial charge on any atom is -0.369 e. The van der Waals surface area contributed by atoms with E-state index in [0.717, 1.165) is 19.3 Å². The number of unbranched alkanes of at least 4 members (excludes halogenated alkanes) is 5. The van der Waals surface area contributed by atoms with Crippen molar-refractivity contribution >= 4 is 57.7 Å². The van der Waals surface area contributed by atoms with Crippen LogP contribution in [-0.4, -0.2) is 50.1 Å². The quantitative estimate of drug-likeness (QED) is 0.284. The van der Waals surface area contributed by atoms with Crippen LogP contribution in [0.15, 0.2) is 34.1 Å². The van der Waals surface area contributed by atoms with Crippen LogP contribution in [0.4, 0.5) is 5.82 Å². The molecule has 8 nitrogen and oxygen atoms in total. The SMILES string of the molecule is CCCCCCCCN1C(=O)/C(=C\c2c(N3CCC(C(N)=O)CC3)nc3ccccn3c2=O)SC1=S. The van der Waals surface area contributed by atoms with Crippen molar-refractivity contribution in [1.29, 1.82) is 0 Å². The van der Waals surface area contributed by atoms with Gasteiger partial charge in [0.15, 0.2) is 0 Å². The van der Waals surface area contributed by atoms with Crippen molar-refractivity contribution in [3.63, 3.8) is 0 Å². The van der Waals surface area contributed by atoms with Crippen molar-refractivity contribution < 1.29 is 9.59 Å². The summed E-state index contributed by atoms with van der Waals surface area (Å²) in [6.45, 7) is 3.90. The van der Waals surface area contributed by atoms with Crippen LogP contribution in [-0.2, 0) is 9.59 Å². The lowest BCUT2D eigenvalue weighted by Crippen LogP contribution is -2.40. The van der Waals surface area contributed by atoms with E-state index >= 15 is 0 Å². The third kappa shape index (κ3) is 5.81. The molecule has 0 spiro atoms. The normalized spacial score (nSPS) is 18.1. The maximum absolute atomic E-state index is 13.5. The van der Waals surface area contributed by atoms with Crippen molar-refractivity contribution in [2.75, 3.05) is 24.5 Å². The predicted molar refractivity (Wildman–Crippen MR) is 149 cm³/mol. The number of thioether (sulfide) groups is 1. The van der Waals surface area contributed by atoms with Gasteiger partial charge in [-0.25, -0.2) is 4.98 Å². The number of fused-ring (bicyclic) bond motifs is 1. The van der Waals surface area contributed by atoms with Crippen LogP contribution in [0.3, 0.4) is 0 Å². The monoisotopic (exact) mass is 527 g/mol. The van der Waals surface area contributed by atoms with Gasteiger partial charge in [0.1, 0.15) is 15.8 Å².